The summed E-state index contributed by atoms with van der Waals surface area (Å²) in [6.45, 7) is 2.17. The van der Waals surface area contributed by atoms with E-state index in [1.165, 1.54) is 7.11 Å². The van der Waals surface area contributed by atoms with Crippen LogP contribution >= 0.6 is 0 Å². The molecule has 2 aliphatic rings. The van der Waals surface area contributed by atoms with Gasteiger partial charge in [-0.15, -0.1) is 0 Å². The van der Waals surface area contributed by atoms with Gasteiger partial charge in [0.1, 0.15) is 24.4 Å². The molecule has 0 bridgehead atoms. The molecule has 4 rings (SSSR count). The molecule has 0 spiro atoms. The number of aliphatic hydroxyl groups excluding tert-OH is 1. The molecule has 0 aromatic heterocycles. The molecule has 2 heterocycles. The molecule has 2 aromatic rings. The summed E-state index contributed by atoms with van der Waals surface area (Å²) in [5, 5.41) is 9.98. The van der Waals surface area contributed by atoms with E-state index in [4.69, 9.17) is 28.4 Å². The van der Waals surface area contributed by atoms with Gasteiger partial charge in [-0.25, -0.2) is 0 Å². The summed E-state index contributed by atoms with van der Waals surface area (Å²) in [6, 6.07) is 19.7. The molecule has 7 nitrogen and oxygen atoms in total. The van der Waals surface area contributed by atoms with Gasteiger partial charge in [-0.1, -0.05) is 60.7 Å². The number of methoxy groups -OCH3 is 1. The molecule has 6 atom stereocenters. The minimum Gasteiger partial charge on any atom is -0.394 e. The maximum Gasteiger partial charge on any atom is 0.282 e. The first-order valence-electron chi connectivity index (χ1n) is 10.1. The SMILES string of the molecule is COC1(C)O[C@@H]2O[C@H](CO)[C@@H](OCc3ccccc3)[C@H](OCc3ccccc3)[C@@H]2O1. The standard InChI is InChI=1S/C23H28O7/c1-23(25-2)29-21-20(27-15-17-11-7-4-8-12-17)19(18(13-24)28-22(21)30-23)26-14-16-9-5-3-6-10-16/h3-12,18-22,24H,13-15H2,1-2H3/t18-,19-,20+,21+,22+,23?/m1/s1. The minimum atomic E-state index is -1.25. The summed E-state index contributed by atoms with van der Waals surface area (Å²) in [4.78, 5) is 0. The van der Waals surface area contributed by atoms with E-state index < -0.39 is 36.7 Å². The summed E-state index contributed by atoms with van der Waals surface area (Å²) < 4.78 is 35.6. The lowest BCUT2D eigenvalue weighted by molar-refractivity contribution is -0.334. The third-order valence-electron chi connectivity index (χ3n) is 5.39. The van der Waals surface area contributed by atoms with Crippen LogP contribution in [0.1, 0.15) is 18.1 Å². The van der Waals surface area contributed by atoms with Crippen molar-refractivity contribution in [3.63, 3.8) is 0 Å². The predicted molar refractivity (Wildman–Crippen MR) is 107 cm³/mol. The number of ether oxygens (including phenoxy) is 6. The van der Waals surface area contributed by atoms with Gasteiger partial charge in [0.2, 0.25) is 0 Å². The quantitative estimate of drug-likeness (QED) is 0.709. The third-order valence-corrected chi connectivity index (χ3v) is 5.39. The van der Waals surface area contributed by atoms with Crippen LogP contribution in [0, 0.1) is 0 Å². The van der Waals surface area contributed by atoms with Crippen molar-refractivity contribution < 1.29 is 33.5 Å². The van der Waals surface area contributed by atoms with Crippen molar-refractivity contribution in [1.29, 1.82) is 0 Å². The zero-order valence-electron chi connectivity index (χ0n) is 17.2. The summed E-state index contributed by atoms with van der Waals surface area (Å²) >= 11 is 0. The van der Waals surface area contributed by atoms with Crippen molar-refractivity contribution in [2.45, 2.75) is 56.8 Å². The Kier molecular flexibility index (Phi) is 6.80. The van der Waals surface area contributed by atoms with Crippen LogP contribution in [0.5, 0.6) is 0 Å². The molecule has 2 aliphatic heterocycles. The zero-order valence-corrected chi connectivity index (χ0v) is 17.2. The molecule has 1 unspecified atom stereocenters. The van der Waals surface area contributed by atoms with Crippen LogP contribution in [-0.2, 0) is 41.6 Å². The molecule has 2 fully saturated rings. The van der Waals surface area contributed by atoms with Crippen molar-refractivity contribution in [3.05, 3.63) is 71.8 Å². The largest absolute Gasteiger partial charge is 0.394 e. The van der Waals surface area contributed by atoms with E-state index >= 15 is 0 Å². The van der Waals surface area contributed by atoms with Gasteiger partial charge in [0, 0.05) is 14.0 Å². The molecular formula is C23H28O7. The Morgan fingerprint density at radius 3 is 1.97 bits per heavy atom. The van der Waals surface area contributed by atoms with Crippen LogP contribution in [-0.4, -0.2) is 55.5 Å². The highest BCUT2D eigenvalue weighted by atomic mass is 16.9. The third kappa shape index (κ3) is 4.73. The zero-order chi connectivity index (χ0) is 21.0. The highest BCUT2D eigenvalue weighted by Gasteiger charge is 2.57. The second-order valence-corrected chi connectivity index (χ2v) is 7.51. The molecule has 2 saturated heterocycles. The number of benzene rings is 2. The molecule has 0 aliphatic carbocycles. The van der Waals surface area contributed by atoms with Gasteiger partial charge in [-0.05, 0) is 11.1 Å². The summed E-state index contributed by atoms with van der Waals surface area (Å²) in [5.41, 5.74) is 2.04. The van der Waals surface area contributed by atoms with Gasteiger partial charge < -0.3 is 28.8 Å². The lowest BCUT2D eigenvalue weighted by Gasteiger charge is -2.41. The van der Waals surface area contributed by atoms with Crippen LogP contribution in [0.3, 0.4) is 0 Å². The molecule has 1 N–H and O–H groups in total. The van der Waals surface area contributed by atoms with Gasteiger partial charge in [0.25, 0.3) is 5.97 Å². The minimum absolute atomic E-state index is 0.235. The summed E-state index contributed by atoms with van der Waals surface area (Å²) in [7, 11) is 1.50. The van der Waals surface area contributed by atoms with Gasteiger partial charge in [0.15, 0.2) is 6.29 Å². The second kappa shape index (κ2) is 9.53. The molecule has 7 heteroatoms. The van der Waals surface area contributed by atoms with E-state index in [-0.39, 0.29) is 6.61 Å². The average Bonchev–Trinajstić information content (AvgIpc) is 3.14. The van der Waals surface area contributed by atoms with Crippen molar-refractivity contribution >= 4 is 0 Å². The Bertz CT molecular complexity index is 787. The Balaban J connectivity index is 1.55. The maximum absolute atomic E-state index is 9.98. The van der Waals surface area contributed by atoms with Crippen molar-refractivity contribution in [3.8, 4) is 0 Å². The van der Waals surface area contributed by atoms with Gasteiger partial charge in [0.05, 0.1) is 19.8 Å². The molecule has 0 saturated carbocycles. The lowest BCUT2D eigenvalue weighted by atomic mass is 9.98. The molecule has 30 heavy (non-hydrogen) atoms. The van der Waals surface area contributed by atoms with Crippen LogP contribution in [0.25, 0.3) is 0 Å². The number of rotatable bonds is 8. The Morgan fingerprint density at radius 1 is 0.867 bits per heavy atom. The van der Waals surface area contributed by atoms with Crippen molar-refractivity contribution in [2.75, 3.05) is 13.7 Å². The first kappa shape index (κ1) is 21.4. The molecular weight excluding hydrogens is 388 g/mol. The highest BCUT2D eigenvalue weighted by molar-refractivity contribution is 5.14. The highest BCUT2D eigenvalue weighted by Crippen LogP contribution is 2.39. The van der Waals surface area contributed by atoms with E-state index in [1.807, 2.05) is 60.7 Å². The fourth-order valence-electron chi connectivity index (χ4n) is 3.75. The van der Waals surface area contributed by atoms with Crippen molar-refractivity contribution in [2.24, 2.45) is 0 Å². The van der Waals surface area contributed by atoms with Crippen LogP contribution in [0.2, 0.25) is 0 Å². The Morgan fingerprint density at radius 2 is 1.43 bits per heavy atom. The maximum atomic E-state index is 9.98. The number of aliphatic hydroxyl groups is 1. The van der Waals surface area contributed by atoms with Crippen LogP contribution in [0.4, 0.5) is 0 Å². The molecule has 0 amide bonds. The van der Waals surface area contributed by atoms with Crippen LogP contribution < -0.4 is 0 Å². The van der Waals surface area contributed by atoms with Gasteiger partial charge in [-0.2, -0.15) is 0 Å². The van der Waals surface area contributed by atoms with Crippen LogP contribution in [0.15, 0.2) is 60.7 Å². The van der Waals surface area contributed by atoms with Crippen molar-refractivity contribution in [1.82, 2.24) is 0 Å². The van der Waals surface area contributed by atoms with E-state index in [2.05, 4.69) is 0 Å². The molecule has 0 radical (unpaired) electrons. The fraction of sp³-hybridized carbons (Fsp3) is 0.478. The number of hydrogen-bond donors (Lipinski definition) is 1. The predicted octanol–water partition coefficient (Wildman–Crippen LogP) is 2.61. The van der Waals surface area contributed by atoms with E-state index in [0.29, 0.717) is 13.2 Å². The first-order valence-corrected chi connectivity index (χ1v) is 10.1. The smallest absolute Gasteiger partial charge is 0.282 e. The molecule has 2 aromatic carbocycles. The van der Waals surface area contributed by atoms with E-state index in [9.17, 15) is 5.11 Å². The lowest BCUT2D eigenvalue weighted by Crippen LogP contribution is -2.59. The molecule has 162 valence electrons. The van der Waals surface area contributed by atoms with Gasteiger partial charge >= 0.3 is 0 Å². The summed E-state index contributed by atoms with van der Waals surface area (Å²) in [6.07, 6.45) is -3.00. The average molecular weight is 416 g/mol. The van der Waals surface area contributed by atoms with E-state index in [0.717, 1.165) is 11.1 Å². The topological polar surface area (TPSA) is 75.6 Å². The monoisotopic (exact) mass is 416 g/mol. The number of fused-ring (bicyclic) bond motifs is 1. The number of hydrogen-bond acceptors (Lipinski definition) is 7. The van der Waals surface area contributed by atoms with E-state index in [1.54, 1.807) is 6.92 Å². The normalized spacial score (nSPS) is 33.4. The fourth-order valence-corrected chi connectivity index (χ4v) is 3.75. The Hall–Kier alpha value is -1.84. The first-order chi connectivity index (χ1) is 14.6. The Labute approximate surface area is 176 Å². The second-order valence-electron chi connectivity index (χ2n) is 7.51. The van der Waals surface area contributed by atoms with Gasteiger partial charge in [-0.3, -0.25) is 4.74 Å². The summed E-state index contributed by atoms with van der Waals surface area (Å²) in [5.74, 6) is -1.25.